The van der Waals surface area contributed by atoms with E-state index in [1.165, 1.54) is 14.1 Å². The molecule has 0 aromatic heterocycles. The van der Waals surface area contributed by atoms with E-state index in [0.717, 1.165) is 0 Å². The van der Waals surface area contributed by atoms with Crippen molar-refractivity contribution in [3.05, 3.63) is 21.9 Å². The zero-order valence-electron chi connectivity index (χ0n) is 6.84. The Morgan fingerprint density at radius 2 is 2.00 bits per heavy atom. The molecule has 0 aromatic carbocycles. The summed E-state index contributed by atoms with van der Waals surface area (Å²) in [5.74, 6) is 0.221. The Labute approximate surface area is 69.3 Å². The van der Waals surface area contributed by atoms with Gasteiger partial charge in [0.2, 0.25) is 5.70 Å². The largest absolute Gasteiger partial charge is 0.666 e. The fourth-order valence-electron chi connectivity index (χ4n) is 1.02. The van der Waals surface area contributed by atoms with Crippen molar-refractivity contribution in [3.8, 4) is 0 Å². The van der Waals surface area contributed by atoms with E-state index >= 15 is 0 Å². The lowest BCUT2D eigenvalue weighted by molar-refractivity contribution is -1.26. The monoisotopic (exact) mass is 173 g/mol. The Hall–Kier alpha value is -1.47. The summed E-state index contributed by atoms with van der Waals surface area (Å²) in [6, 6.07) is 0. The van der Waals surface area contributed by atoms with E-state index in [9.17, 15) is 10.4 Å². The first-order valence-electron chi connectivity index (χ1n) is 3.37. The van der Waals surface area contributed by atoms with Crippen LogP contribution >= 0.6 is 0 Å². The second-order valence-electron chi connectivity index (χ2n) is 2.24. The maximum absolute atomic E-state index is 11.1. The molecule has 1 aliphatic rings. The number of likely N-dealkylation sites (N-methyl/N-ethyl adjacent to an activating group) is 1. The Morgan fingerprint density at radius 1 is 1.42 bits per heavy atom. The number of hydroxylamine groups is 1. The number of nitrogens with zero attached hydrogens (tertiary/aromatic N) is 1. The zero-order chi connectivity index (χ0) is 9.30. The molecule has 1 unspecified atom stereocenters. The highest BCUT2D eigenvalue weighted by Gasteiger charge is 2.31. The molecule has 0 radical (unpaired) electrons. The van der Waals surface area contributed by atoms with Crippen molar-refractivity contribution < 1.29 is 10.0 Å². The van der Waals surface area contributed by atoms with Crippen LogP contribution in [-0.4, -0.2) is 24.8 Å². The normalized spacial score (nSPS) is 23.4. The minimum absolute atomic E-state index is 0.0874. The highest BCUT2D eigenvalue weighted by molar-refractivity contribution is 5.94. The Bertz CT molecular complexity index is 259. The molecule has 0 saturated heterocycles. The molecule has 7 nitrogen and oxygen atoms in total. The van der Waals surface area contributed by atoms with Crippen LogP contribution < -0.4 is 21.5 Å². The summed E-state index contributed by atoms with van der Waals surface area (Å²) >= 11 is 0. The summed E-state index contributed by atoms with van der Waals surface area (Å²) in [7, 11) is 3.06. The Kier molecular flexibility index (Phi) is 2.07. The standard InChI is InChI=1S/C5H11N5O2/c1-7-4-3(6)5(8-2)10(12)9(4)11/h7-9H,6H2,1-2H3. The molecular weight excluding hydrogens is 162 g/mol. The van der Waals surface area contributed by atoms with Gasteiger partial charge < -0.3 is 21.5 Å². The zero-order valence-corrected chi connectivity index (χ0v) is 6.84. The predicted octanol–water partition coefficient (Wildman–Crippen LogP) is -3.23. The molecule has 0 saturated carbocycles. The molecule has 7 heteroatoms. The van der Waals surface area contributed by atoms with Crippen molar-refractivity contribution in [1.29, 1.82) is 0 Å². The van der Waals surface area contributed by atoms with Gasteiger partial charge in [0.25, 0.3) is 5.82 Å². The average molecular weight is 173 g/mol. The van der Waals surface area contributed by atoms with Gasteiger partial charge in [-0.05, 0) is 0 Å². The minimum atomic E-state index is -0.667. The van der Waals surface area contributed by atoms with Crippen molar-refractivity contribution in [1.82, 2.24) is 10.6 Å². The van der Waals surface area contributed by atoms with Gasteiger partial charge in [-0.2, -0.15) is 0 Å². The number of nitrogens with two attached hydrogens (primary N) is 1. The number of quaternary nitrogens is 1. The van der Waals surface area contributed by atoms with E-state index in [4.69, 9.17) is 5.73 Å². The van der Waals surface area contributed by atoms with Crippen LogP contribution in [0.1, 0.15) is 0 Å². The summed E-state index contributed by atoms with van der Waals surface area (Å²) in [5, 5.41) is 26.5. The van der Waals surface area contributed by atoms with Crippen molar-refractivity contribution in [2.24, 2.45) is 5.73 Å². The average Bonchev–Trinajstić information content (AvgIpc) is 2.25. The van der Waals surface area contributed by atoms with Crippen molar-refractivity contribution in [3.63, 3.8) is 0 Å². The molecule has 12 heavy (non-hydrogen) atoms. The first kappa shape index (κ1) is 8.62. The van der Waals surface area contributed by atoms with E-state index in [-0.39, 0.29) is 22.2 Å². The molecule has 0 aromatic rings. The van der Waals surface area contributed by atoms with Gasteiger partial charge in [0.1, 0.15) is 0 Å². The molecule has 1 heterocycles. The Balaban J connectivity index is 3.05. The fraction of sp³-hybridized carbons (Fsp3) is 0.400. The second-order valence-corrected chi connectivity index (χ2v) is 2.24. The van der Waals surface area contributed by atoms with Crippen LogP contribution in [0.15, 0.2) is 11.5 Å². The van der Waals surface area contributed by atoms with Crippen LogP contribution in [0, 0.1) is 10.4 Å². The molecule has 0 aliphatic carbocycles. The molecule has 1 aliphatic heterocycles. The lowest BCUT2D eigenvalue weighted by atomic mass is 10.4. The quantitative estimate of drug-likeness (QED) is 0.246. The molecule has 1 rings (SSSR count). The van der Waals surface area contributed by atoms with Crippen molar-refractivity contribution >= 4 is 5.84 Å². The SMILES string of the molecule is CNC1=C(N)C(NC)=[N+]([O-])[NH+]1[O-]. The summed E-state index contributed by atoms with van der Waals surface area (Å²) < 4.78 is 0. The molecular formula is C5H11N5O2. The van der Waals surface area contributed by atoms with Gasteiger partial charge in [-0.15, -0.1) is 5.17 Å². The molecule has 0 bridgehead atoms. The molecule has 0 spiro atoms. The van der Waals surface area contributed by atoms with E-state index in [1.54, 1.807) is 0 Å². The minimum Gasteiger partial charge on any atom is -0.666 e. The van der Waals surface area contributed by atoms with Gasteiger partial charge in [0, 0.05) is 7.05 Å². The third-order valence-corrected chi connectivity index (χ3v) is 1.61. The first-order valence-corrected chi connectivity index (χ1v) is 3.37. The summed E-state index contributed by atoms with van der Waals surface area (Å²) in [6.07, 6.45) is 0. The van der Waals surface area contributed by atoms with Crippen LogP contribution in [0.4, 0.5) is 0 Å². The lowest BCUT2D eigenvalue weighted by Gasteiger charge is -2.19. The number of rotatable bonds is 1. The number of hydrogen-bond acceptors (Lipinski definition) is 5. The van der Waals surface area contributed by atoms with E-state index < -0.39 is 5.17 Å². The van der Waals surface area contributed by atoms with Gasteiger partial charge in [-0.3, -0.25) is 5.32 Å². The molecule has 5 N–H and O–H groups in total. The first-order chi connectivity index (χ1) is 5.63. The van der Waals surface area contributed by atoms with Crippen LogP contribution in [0.2, 0.25) is 0 Å². The van der Waals surface area contributed by atoms with Gasteiger partial charge in [0.05, 0.1) is 7.05 Å². The molecule has 68 valence electrons. The van der Waals surface area contributed by atoms with Crippen molar-refractivity contribution in [2.45, 2.75) is 0 Å². The van der Waals surface area contributed by atoms with E-state index in [2.05, 4.69) is 10.6 Å². The predicted molar refractivity (Wildman–Crippen MR) is 42.3 cm³/mol. The third-order valence-electron chi connectivity index (χ3n) is 1.61. The van der Waals surface area contributed by atoms with Crippen LogP contribution in [0.25, 0.3) is 0 Å². The lowest BCUT2D eigenvalue weighted by Crippen LogP contribution is -3.09. The summed E-state index contributed by atoms with van der Waals surface area (Å²) in [5.41, 5.74) is 5.63. The van der Waals surface area contributed by atoms with Crippen LogP contribution in [0.3, 0.4) is 0 Å². The topological polar surface area (TPSA) is 104 Å². The molecule has 0 fully saturated rings. The van der Waals surface area contributed by atoms with E-state index in [0.29, 0.717) is 0 Å². The van der Waals surface area contributed by atoms with Crippen LogP contribution in [-0.2, 0) is 0 Å². The summed E-state index contributed by atoms with van der Waals surface area (Å²) in [6.45, 7) is 0. The number of nitrogens with one attached hydrogen (secondary N) is 3. The second kappa shape index (κ2) is 2.88. The maximum atomic E-state index is 11.1. The molecule has 1 atom stereocenters. The van der Waals surface area contributed by atoms with E-state index in [1.807, 2.05) is 0 Å². The van der Waals surface area contributed by atoms with Crippen molar-refractivity contribution in [2.75, 3.05) is 14.1 Å². The smallest absolute Gasteiger partial charge is 0.356 e. The highest BCUT2D eigenvalue weighted by Crippen LogP contribution is 1.93. The number of amidine groups is 1. The van der Waals surface area contributed by atoms with Gasteiger partial charge in [0.15, 0.2) is 0 Å². The fourth-order valence-corrected chi connectivity index (χ4v) is 1.02. The van der Waals surface area contributed by atoms with Gasteiger partial charge in [-0.1, -0.05) is 4.85 Å². The Morgan fingerprint density at radius 3 is 2.25 bits per heavy atom. The van der Waals surface area contributed by atoms with Gasteiger partial charge in [-0.25, -0.2) is 0 Å². The molecule has 0 amide bonds. The van der Waals surface area contributed by atoms with Crippen LogP contribution in [0.5, 0.6) is 0 Å². The highest BCUT2D eigenvalue weighted by atomic mass is 16.7. The summed E-state index contributed by atoms with van der Waals surface area (Å²) in [4.78, 5) is 0.223. The third kappa shape index (κ3) is 0.953. The maximum Gasteiger partial charge on any atom is 0.356 e. The van der Waals surface area contributed by atoms with Gasteiger partial charge >= 0.3 is 5.84 Å². The number of hydrogen-bond donors (Lipinski definition) is 4.